The number of carbonyl (C=O) groups is 1. The van der Waals surface area contributed by atoms with Crippen LogP contribution >= 0.6 is 0 Å². The Kier molecular flexibility index (Phi) is 5.44. The van der Waals surface area contributed by atoms with Crippen molar-refractivity contribution < 1.29 is 14.6 Å². The third-order valence-electron chi connectivity index (χ3n) is 5.04. The van der Waals surface area contributed by atoms with Gasteiger partial charge in [-0.05, 0) is 41.3 Å². The van der Waals surface area contributed by atoms with E-state index in [9.17, 15) is 4.79 Å². The fourth-order valence-corrected chi connectivity index (χ4v) is 3.34. The summed E-state index contributed by atoms with van der Waals surface area (Å²) in [5.41, 5.74) is 4.00. The number of carboxylic acid groups (broad SMARTS) is 1. The summed E-state index contributed by atoms with van der Waals surface area (Å²) in [6.07, 6.45) is 0.297. The monoisotopic (exact) mass is 431 g/mol. The Bertz CT molecular complexity index is 1290. The van der Waals surface area contributed by atoms with Crippen LogP contribution in [0.3, 0.4) is 0 Å². The number of pyridine rings is 1. The first-order valence-corrected chi connectivity index (χ1v) is 10.2. The predicted octanol–water partition coefficient (Wildman–Crippen LogP) is 5.89. The molecular formula is C24H25N5O3. The molecule has 8 heteroatoms. The Labute approximate surface area is 185 Å². The van der Waals surface area contributed by atoms with Crippen molar-refractivity contribution in [1.82, 2.24) is 14.5 Å². The summed E-state index contributed by atoms with van der Waals surface area (Å²) in [5, 5.41) is 14.5. The molecule has 0 saturated heterocycles. The van der Waals surface area contributed by atoms with Gasteiger partial charge in [-0.3, -0.25) is 5.32 Å². The standard InChI is InChI=1S/C24H25N5O3/c1-24(2,3)15-6-5-7-16(12-15)26-22-27-19-13-17(8-9-20(19)29(22)4)32-18-10-11-25-21(14-18)28-23(30)31/h5-14H,1-4H3,(H,25,28)(H,26,27)(H,30,31). The Morgan fingerprint density at radius 2 is 1.84 bits per heavy atom. The van der Waals surface area contributed by atoms with Gasteiger partial charge >= 0.3 is 6.09 Å². The third-order valence-corrected chi connectivity index (χ3v) is 5.04. The lowest BCUT2D eigenvalue weighted by atomic mass is 9.87. The molecule has 164 valence electrons. The molecule has 0 saturated carbocycles. The summed E-state index contributed by atoms with van der Waals surface area (Å²) in [5.74, 6) is 1.97. The number of nitrogens with one attached hydrogen (secondary N) is 2. The normalized spacial score (nSPS) is 11.4. The summed E-state index contributed by atoms with van der Waals surface area (Å²) in [6.45, 7) is 6.56. The van der Waals surface area contributed by atoms with Gasteiger partial charge in [0.25, 0.3) is 0 Å². The smallest absolute Gasteiger partial charge is 0.410 e. The molecule has 8 nitrogen and oxygen atoms in total. The molecule has 32 heavy (non-hydrogen) atoms. The van der Waals surface area contributed by atoms with Crippen LogP contribution in [0.4, 0.5) is 22.2 Å². The van der Waals surface area contributed by atoms with E-state index >= 15 is 0 Å². The van der Waals surface area contributed by atoms with Crippen LogP contribution < -0.4 is 15.4 Å². The van der Waals surface area contributed by atoms with Gasteiger partial charge in [0.05, 0.1) is 11.0 Å². The van der Waals surface area contributed by atoms with Gasteiger partial charge in [-0.2, -0.15) is 0 Å². The number of hydrogen-bond donors (Lipinski definition) is 3. The van der Waals surface area contributed by atoms with Crippen molar-refractivity contribution in [2.45, 2.75) is 26.2 Å². The van der Waals surface area contributed by atoms with E-state index < -0.39 is 6.09 Å². The van der Waals surface area contributed by atoms with Gasteiger partial charge < -0.3 is 19.7 Å². The number of rotatable bonds is 5. The van der Waals surface area contributed by atoms with Crippen LogP contribution in [0.25, 0.3) is 11.0 Å². The lowest BCUT2D eigenvalue weighted by Gasteiger charge is -2.20. The Hall–Kier alpha value is -4.07. The molecule has 4 rings (SSSR count). The van der Waals surface area contributed by atoms with Gasteiger partial charge in [0.1, 0.15) is 17.3 Å². The van der Waals surface area contributed by atoms with E-state index in [1.807, 2.05) is 41.9 Å². The maximum atomic E-state index is 10.8. The van der Waals surface area contributed by atoms with Gasteiger partial charge in [0, 0.05) is 31.1 Å². The molecule has 4 aromatic rings. The molecule has 2 aromatic carbocycles. The SMILES string of the molecule is Cn1c(Nc2cccc(C(C)(C)C)c2)nc2cc(Oc3ccnc(NC(=O)O)c3)ccc21. The molecule has 0 fully saturated rings. The van der Waals surface area contributed by atoms with Crippen LogP contribution in [0.5, 0.6) is 11.5 Å². The number of hydrogen-bond acceptors (Lipinski definition) is 5. The fraction of sp³-hybridized carbons (Fsp3) is 0.208. The topological polar surface area (TPSA) is 101 Å². The number of aromatic nitrogens is 3. The summed E-state index contributed by atoms with van der Waals surface area (Å²) >= 11 is 0. The van der Waals surface area contributed by atoms with Crippen LogP contribution in [0.15, 0.2) is 60.8 Å². The van der Waals surface area contributed by atoms with Crippen molar-refractivity contribution >= 4 is 34.6 Å². The molecule has 0 radical (unpaired) electrons. The van der Waals surface area contributed by atoms with Crippen molar-refractivity contribution in [2.24, 2.45) is 7.05 Å². The highest BCUT2D eigenvalue weighted by molar-refractivity contribution is 5.82. The van der Waals surface area contributed by atoms with E-state index in [0.29, 0.717) is 11.5 Å². The minimum Gasteiger partial charge on any atom is -0.465 e. The van der Waals surface area contributed by atoms with Crippen LogP contribution in [0.1, 0.15) is 26.3 Å². The van der Waals surface area contributed by atoms with Crippen molar-refractivity contribution in [1.29, 1.82) is 0 Å². The van der Waals surface area contributed by atoms with E-state index in [0.717, 1.165) is 22.7 Å². The van der Waals surface area contributed by atoms with Crippen molar-refractivity contribution in [2.75, 3.05) is 10.6 Å². The molecular weight excluding hydrogens is 406 g/mol. The van der Waals surface area contributed by atoms with Crippen molar-refractivity contribution in [3.05, 3.63) is 66.4 Å². The molecule has 0 aliphatic rings. The van der Waals surface area contributed by atoms with Gasteiger partial charge in [-0.15, -0.1) is 0 Å². The number of fused-ring (bicyclic) bond motifs is 1. The van der Waals surface area contributed by atoms with E-state index in [-0.39, 0.29) is 11.2 Å². The van der Waals surface area contributed by atoms with Crippen molar-refractivity contribution in [3.8, 4) is 11.5 Å². The quantitative estimate of drug-likeness (QED) is 0.364. The second-order valence-electron chi connectivity index (χ2n) is 8.51. The minimum absolute atomic E-state index is 0.0586. The van der Waals surface area contributed by atoms with Gasteiger partial charge in [-0.1, -0.05) is 32.9 Å². The molecule has 0 atom stereocenters. The first-order chi connectivity index (χ1) is 15.2. The number of imidazole rings is 1. The highest BCUT2D eigenvalue weighted by Gasteiger charge is 2.15. The van der Waals surface area contributed by atoms with Gasteiger partial charge in [0.15, 0.2) is 0 Å². The summed E-state index contributed by atoms with van der Waals surface area (Å²) < 4.78 is 7.88. The minimum atomic E-state index is -1.18. The predicted molar refractivity (Wildman–Crippen MR) is 125 cm³/mol. The summed E-state index contributed by atoms with van der Waals surface area (Å²) in [6, 6.07) is 17.1. The maximum Gasteiger partial charge on any atom is 0.410 e. The zero-order valence-corrected chi connectivity index (χ0v) is 18.4. The van der Waals surface area contributed by atoms with Crippen LogP contribution in [0.2, 0.25) is 0 Å². The van der Waals surface area contributed by atoms with E-state index in [1.54, 1.807) is 6.07 Å². The second kappa shape index (κ2) is 8.22. The second-order valence-corrected chi connectivity index (χ2v) is 8.51. The highest BCUT2D eigenvalue weighted by Crippen LogP contribution is 2.30. The molecule has 0 aliphatic heterocycles. The lowest BCUT2D eigenvalue weighted by Crippen LogP contribution is -2.11. The number of ether oxygens (including phenoxy) is 1. The Morgan fingerprint density at radius 1 is 1.06 bits per heavy atom. The molecule has 3 N–H and O–H groups in total. The molecule has 2 heterocycles. The van der Waals surface area contributed by atoms with E-state index in [4.69, 9.17) is 14.8 Å². The molecule has 2 aromatic heterocycles. The van der Waals surface area contributed by atoms with Gasteiger partial charge in [-0.25, -0.2) is 14.8 Å². The number of anilines is 3. The molecule has 0 unspecified atom stereocenters. The molecule has 0 bridgehead atoms. The zero-order valence-electron chi connectivity index (χ0n) is 18.4. The molecule has 0 spiro atoms. The fourth-order valence-electron chi connectivity index (χ4n) is 3.34. The number of amides is 1. The first-order valence-electron chi connectivity index (χ1n) is 10.2. The zero-order chi connectivity index (χ0) is 22.9. The highest BCUT2D eigenvalue weighted by atomic mass is 16.5. The number of nitrogens with zero attached hydrogens (tertiary/aromatic N) is 3. The molecule has 1 amide bonds. The average Bonchev–Trinajstić information content (AvgIpc) is 3.02. The van der Waals surface area contributed by atoms with Crippen LogP contribution in [0, 0.1) is 0 Å². The van der Waals surface area contributed by atoms with Crippen LogP contribution in [-0.2, 0) is 12.5 Å². The van der Waals surface area contributed by atoms with Crippen LogP contribution in [-0.4, -0.2) is 25.7 Å². The molecule has 0 aliphatic carbocycles. The summed E-state index contributed by atoms with van der Waals surface area (Å²) in [7, 11) is 1.96. The van der Waals surface area contributed by atoms with E-state index in [1.165, 1.54) is 17.8 Å². The van der Waals surface area contributed by atoms with E-state index in [2.05, 4.69) is 48.5 Å². The Balaban J connectivity index is 1.58. The largest absolute Gasteiger partial charge is 0.465 e. The first kappa shape index (κ1) is 21.2. The van der Waals surface area contributed by atoms with Gasteiger partial charge in [0.2, 0.25) is 5.95 Å². The number of aryl methyl sites for hydroxylation is 1. The Morgan fingerprint density at radius 3 is 2.59 bits per heavy atom. The lowest BCUT2D eigenvalue weighted by molar-refractivity contribution is 0.209. The average molecular weight is 431 g/mol. The summed E-state index contributed by atoms with van der Waals surface area (Å²) in [4.78, 5) is 19.5. The van der Waals surface area contributed by atoms with Crippen molar-refractivity contribution in [3.63, 3.8) is 0 Å². The third kappa shape index (κ3) is 4.64. The number of benzene rings is 2. The maximum absolute atomic E-state index is 10.8.